The number of para-hydroxylation sites is 1. The van der Waals surface area contributed by atoms with E-state index in [1.807, 2.05) is 78.1 Å². The lowest BCUT2D eigenvalue weighted by Gasteiger charge is -2.09. The molecule has 0 atom stereocenters. The summed E-state index contributed by atoms with van der Waals surface area (Å²) < 4.78 is 9.35. The van der Waals surface area contributed by atoms with Gasteiger partial charge in [0.1, 0.15) is 11.2 Å². The van der Waals surface area contributed by atoms with Gasteiger partial charge in [0.2, 0.25) is 0 Å². The lowest BCUT2D eigenvalue weighted by atomic mass is 9.95. The number of aromatic nitrogens is 3. The monoisotopic (exact) mass is 657 g/mol. The number of benzene rings is 7. The third-order valence-electron chi connectivity index (χ3n) is 9.34. The molecule has 234 valence electrons. The number of hydrogen-bond acceptors (Lipinski definition) is 5. The molecular weight excluding hydrogens is 631 g/mol. The third-order valence-corrected chi connectivity index (χ3v) is 10.6. The van der Waals surface area contributed by atoms with Crippen molar-refractivity contribution in [3.63, 3.8) is 0 Å². The zero-order chi connectivity index (χ0) is 33.0. The fourth-order valence-electron chi connectivity index (χ4n) is 6.91. The molecule has 0 aliphatic heterocycles. The zero-order valence-electron chi connectivity index (χ0n) is 26.7. The van der Waals surface area contributed by atoms with Gasteiger partial charge >= 0.3 is 0 Å². The average molecular weight is 658 g/mol. The van der Waals surface area contributed by atoms with E-state index in [4.69, 9.17) is 19.4 Å². The summed E-state index contributed by atoms with van der Waals surface area (Å²) in [6, 6.07) is 56.9. The van der Waals surface area contributed by atoms with E-state index in [1.165, 1.54) is 31.3 Å². The normalized spacial score (nSPS) is 11.6. The molecule has 0 saturated carbocycles. The Balaban J connectivity index is 1.15. The van der Waals surface area contributed by atoms with Crippen molar-refractivity contribution in [1.29, 1.82) is 0 Å². The van der Waals surface area contributed by atoms with Gasteiger partial charge < -0.3 is 4.42 Å². The van der Waals surface area contributed by atoms with E-state index < -0.39 is 0 Å². The second-order valence-electron chi connectivity index (χ2n) is 12.4. The maximum Gasteiger partial charge on any atom is 0.167 e. The van der Waals surface area contributed by atoms with E-state index in [9.17, 15) is 0 Å². The van der Waals surface area contributed by atoms with E-state index in [-0.39, 0.29) is 0 Å². The molecule has 0 aliphatic carbocycles. The molecule has 0 N–H and O–H groups in total. The second-order valence-corrected chi connectivity index (χ2v) is 13.5. The quantitative estimate of drug-likeness (QED) is 0.185. The first-order valence-electron chi connectivity index (χ1n) is 16.6. The summed E-state index contributed by atoms with van der Waals surface area (Å²) in [6.07, 6.45) is 0. The van der Waals surface area contributed by atoms with Gasteiger partial charge in [-0.1, -0.05) is 127 Å². The zero-order valence-corrected chi connectivity index (χ0v) is 27.6. The molecule has 0 bridgehead atoms. The molecule has 5 heteroatoms. The number of thiophene rings is 1. The molecule has 3 heterocycles. The first-order chi connectivity index (χ1) is 24.8. The van der Waals surface area contributed by atoms with E-state index in [2.05, 4.69) is 97.1 Å². The Morgan fingerprint density at radius 2 is 1.00 bits per heavy atom. The Kier molecular flexibility index (Phi) is 6.64. The molecule has 0 saturated heterocycles. The van der Waals surface area contributed by atoms with E-state index in [1.54, 1.807) is 0 Å². The minimum absolute atomic E-state index is 0.574. The Morgan fingerprint density at radius 3 is 1.72 bits per heavy atom. The van der Waals surface area contributed by atoms with Crippen LogP contribution in [0.25, 0.3) is 98.5 Å². The summed E-state index contributed by atoms with van der Waals surface area (Å²) in [5.74, 6) is 1.82. The SMILES string of the molecule is c1ccc(-c2nc(-c3ccccc3)nc(-c3cccc4c3oc3cc(-c5cc(-c6ccccc6)c6sc7ccccc7c6c5)ccc34)n2)cc1. The van der Waals surface area contributed by atoms with Crippen molar-refractivity contribution in [3.05, 3.63) is 164 Å². The van der Waals surface area contributed by atoms with Gasteiger partial charge in [0.05, 0.1) is 5.56 Å². The van der Waals surface area contributed by atoms with Crippen LogP contribution >= 0.6 is 11.3 Å². The minimum atomic E-state index is 0.574. The van der Waals surface area contributed by atoms with Crippen molar-refractivity contribution in [1.82, 2.24) is 15.0 Å². The minimum Gasteiger partial charge on any atom is -0.455 e. The molecular formula is C45H27N3OS. The number of nitrogens with zero attached hydrogens (tertiary/aromatic N) is 3. The van der Waals surface area contributed by atoms with Crippen LogP contribution in [0, 0.1) is 0 Å². The maximum absolute atomic E-state index is 6.75. The van der Waals surface area contributed by atoms with Gasteiger partial charge in [0.15, 0.2) is 17.5 Å². The van der Waals surface area contributed by atoms with Crippen molar-refractivity contribution >= 4 is 53.4 Å². The molecule has 4 nitrogen and oxygen atoms in total. The van der Waals surface area contributed by atoms with Crippen molar-refractivity contribution in [2.24, 2.45) is 0 Å². The molecule has 0 unspecified atom stereocenters. The summed E-state index contributed by atoms with van der Waals surface area (Å²) in [5.41, 5.74) is 8.97. The van der Waals surface area contributed by atoms with Crippen molar-refractivity contribution in [3.8, 4) is 56.4 Å². The Morgan fingerprint density at radius 1 is 0.380 bits per heavy atom. The van der Waals surface area contributed by atoms with Gasteiger partial charge in [-0.3, -0.25) is 0 Å². The Hall–Kier alpha value is -6.43. The summed E-state index contributed by atoms with van der Waals surface area (Å²) in [6.45, 7) is 0. The molecule has 7 aromatic carbocycles. The highest BCUT2D eigenvalue weighted by atomic mass is 32.1. The third kappa shape index (κ3) is 4.79. The van der Waals surface area contributed by atoms with Crippen LogP contribution in [-0.4, -0.2) is 15.0 Å². The van der Waals surface area contributed by atoms with Gasteiger partial charge in [-0.15, -0.1) is 11.3 Å². The molecule has 3 aromatic heterocycles. The van der Waals surface area contributed by atoms with Crippen LogP contribution in [0.5, 0.6) is 0 Å². The van der Waals surface area contributed by atoms with Crippen molar-refractivity contribution in [2.75, 3.05) is 0 Å². The first-order valence-corrected chi connectivity index (χ1v) is 17.4. The maximum atomic E-state index is 6.75. The topological polar surface area (TPSA) is 51.8 Å². The Labute approximate surface area is 292 Å². The summed E-state index contributed by atoms with van der Waals surface area (Å²) in [5, 5.41) is 4.63. The molecule has 0 radical (unpaired) electrons. The summed E-state index contributed by atoms with van der Waals surface area (Å²) in [4.78, 5) is 14.9. The fraction of sp³-hybridized carbons (Fsp3) is 0. The largest absolute Gasteiger partial charge is 0.455 e. The highest BCUT2D eigenvalue weighted by Gasteiger charge is 2.19. The Bertz CT molecular complexity index is 2800. The van der Waals surface area contributed by atoms with Gasteiger partial charge in [-0.25, -0.2) is 15.0 Å². The van der Waals surface area contributed by atoms with Crippen LogP contribution in [-0.2, 0) is 0 Å². The van der Waals surface area contributed by atoms with Crippen molar-refractivity contribution in [2.45, 2.75) is 0 Å². The van der Waals surface area contributed by atoms with Crippen LogP contribution in [0.4, 0.5) is 0 Å². The van der Waals surface area contributed by atoms with Crippen LogP contribution in [0.1, 0.15) is 0 Å². The molecule has 10 aromatic rings. The van der Waals surface area contributed by atoms with Crippen LogP contribution in [0.15, 0.2) is 168 Å². The number of fused-ring (bicyclic) bond motifs is 6. The van der Waals surface area contributed by atoms with E-state index in [0.717, 1.165) is 49.8 Å². The van der Waals surface area contributed by atoms with Crippen LogP contribution in [0.3, 0.4) is 0 Å². The summed E-state index contributed by atoms with van der Waals surface area (Å²) in [7, 11) is 0. The number of hydrogen-bond donors (Lipinski definition) is 0. The molecule has 10 rings (SSSR count). The first kappa shape index (κ1) is 28.6. The molecule has 50 heavy (non-hydrogen) atoms. The van der Waals surface area contributed by atoms with Gasteiger partial charge in [-0.2, -0.15) is 0 Å². The van der Waals surface area contributed by atoms with Gasteiger partial charge in [-0.05, 0) is 53.1 Å². The highest BCUT2D eigenvalue weighted by Crippen LogP contribution is 2.44. The molecule has 0 aliphatic rings. The number of furan rings is 1. The van der Waals surface area contributed by atoms with Crippen molar-refractivity contribution < 1.29 is 4.42 Å². The highest BCUT2D eigenvalue weighted by molar-refractivity contribution is 7.26. The molecule has 0 spiro atoms. The number of rotatable bonds is 5. The fourth-order valence-corrected chi connectivity index (χ4v) is 8.13. The summed E-state index contributed by atoms with van der Waals surface area (Å²) >= 11 is 1.86. The predicted octanol–water partition coefficient (Wildman–Crippen LogP) is 12.5. The van der Waals surface area contributed by atoms with Gasteiger partial charge in [0, 0.05) is 47.6 Å². The lowest BCUT2D eigenvalue weighted by molar-refractivity contribution is 0.669. The second kappa shape index (κ2) is 11.6. The van der Waals surface area contributed by atoms with Crippen LogP contribution in [0.2, 0.25) is 0 Å². The van der Waals surface area contributed by atoms with E-state index in [0.29, 0.717) is 17.5 Å². The van der Waals surface area contributed by atoms with Gasteiger partial charge in [0.25, 0.3) is 0 Å². The van der Waals surface area contributed by atoms with E-state index >= 15 is 0 Å². The average Bonchev–Trinajstić information content (AvgIpc) is 3.76. The molecule has 0 fully saturated rings. The lowest BCUT2D eigenvalue weighted by Crippen LogP contribution is -2.00. The van der Waals surface area contributed by atoms with Crippen LogP contribution < -0.4 is 0 Å². The molecule has 0 amide bonds. The smallest absolute Gasteiger partial charge is 0.167 e. The predicted molar refractivity (Wildman–Crippen MR) is 207 cm³/mol. The standard InChI is InChI=1S/C45H27N3OS/c1-4-13-28(14-5-1)37-25-32(26-38-34-19-10-11-22-40(34)50-42(37)38)31-23-24-33-35-20-12-21-36(41(35)49-39(33)27-31)45-47-43(29-15-6-2-7-16-29)46-44(48-45)30-17-8-3-9-18-30/h1-27H.